The van der Waals surface area contributed by atoms with Crippen molar-refractivity contribution in [1.29, 1.82) is 0 Å². The van der Waals surface area contributed by atoms with E-state index >= 15 is 0 Å². The van der Waals surface area contributed by atoms with Gasteiger partial charge in [-0.1, -0.05) is 42.5 Å². The fourth-order valence-corrected chi connectivity index (χ4v) is 4.17. The number of hydrogen-bond donors (Lipinski definition) is 2. The number of carbonyl (C=O) groups excluding carboxylic acids is 1. The van der Waals surface area contributed by atoms with Crippen LogP contribution in [-0.4, -0.2) is 60.0 Å². The van der Waals surface area contributed by atoms with Gasteiger partial charge < -0.3 is 15.2 Å². The first-order valence-corrected chi connectivity index (χ1v) is 11.1. The molecule has 0 spiro atoms. The zero-order valence-electron chi connectivity index (χ0n) is 18.0. The monoisotopic (exact) mass is 425 g/mol. The van der Waals surface area contributed by atoms with E-state index in [1.807, 2.05) is 48.5 Å². The molecule has 1 aliphatic rings. The van der Waals surface area contributed by atoms with Crippen molar-refractivity contribution >= 4 is 22.6 Å². The Morgan fingerprint density at radius 2 is 1.59 bits per heavy atom. The zero-order chi connectivity index (χ0) is 21.8. The number of hydrogen-bond acceptors (Lipinski definition) is 4. The maximum absolute atomic E-state index is 12.6. The Morgan fingerprint density at radius 1 is 0.875 bits per heavy atom. The van der Waals surface area contributed by atoms with Gasteiger partial charge in [-0.2, -0.15) is 0 Å². The van der Waals surface area contributed by atoms with Crippen LogP contribution in [0.25, 0.3) is 22.4 Å². The molecule has 1 aliphatic heterocycles. The van der Waals surface area contributed by atoms with Crippen molar-refractivity contribution in [2.75, 3.05) is 44.2 Å². The molecule has 6 heteroatoms. The molecule has 0 atom stereocenters. The van der Waals surface area contributed by atoms with Crippen LogP contribution in [0.3, 0.4) is 0 Å². The molecule has 162 valence electrons. The summed E-state index contributed by atoms with van der Waals surface area (Å²) < 4.78 is 0. The van der Waals surface area contributed by atoms with Crippen molar-refractivity contribution in [1.82, 2.24) is 20.2 Å². The predicted molar refractivity (Wildman–Crippen MR) is 129 cm³/mol. The number of imidazole rings is 1. The van der Waals surface area contributed by atoms with Gasteiger partial charge in [0.1, 0.15) is 5.82 Å². The summed E-state index contributed by atoms with van der Waals surface area (Å²) in [5.74, 6) is 0.775. The van der Waals surface area contributed by atoms with Gasteiger partial charge >= 0.3 is 0 Å². The van der Waals surface area contributed by atoms with Crippen LogP contribution < -0.4 is 10.2 Å². The van der Waals surface area contributed by atoms with Crippen molar-refractivity contribution in [2.45, 2.75) is 0 Å². The molecule has 2 heterocycles. The first kappa shape index (κ1) is 20.3. The molecule has 0 radical (unpaired) electrons. The number of benzene rings is 3. The number of para-hydroxylation sites is 3. The van der Waals surface area contributed by atoms with Gasteiger partial charge in [-0.3, -0.25) is 9.69 Å². The van der Waals surface area contributed by atoms with Crippen molar-refractivity contribution < 1.29 is 4.79 Å². The lowest BCUT2D eigenvalue weighted by molar-refractivity contribution is 0.0948. The molecule has 0 aliphatic carbocycles. The Labute approximate surface area is 187 Å². The Balaban J connectivity index is 1.10. The second-order valence-electron chi connectivity index (χ2n) is 8.10. The summed E-state index contributed by atoms with van der Waals surface area (Å²) in [5, 5.41) is 3.05. The van der Waals surface area contributed by atoms with Gasteiger partial charge in [0.2, 0.25) is 0 Å². The molecule has 0 bridgehead atoms. The van der Waals surface area contributed by atoms with E-state index in [0.29, 0.717) is 12.1 Å². The van der Waals surface area contributed by atoms with E-state index in [0.717, 1.165) is 55.1 Å². The van der Waals surface area contributed by atoms with Gasteiger partial charge in [0.05, 0.1) is 11.0 Å². The maximum atomic E-state index is 12.6. The SMILES string of the molecule is O=C(NCCN1CCN(c2ccccc2)CC1)c1ccc(-c2nc3ccccc3[nH]2)cc1. The lowest BCUT2D eigenvalue weighted by Gasteiger charge is -2.36. The van der Waals surface area contributed by atoms with Crippen LogP contribution >= 0.6 is 0 Å². The zero-order valence-corrected chi connectivity index (χ0v) is 18.0. The molecule has 32 heavy (non-hydrogen) atoms. The Morgan fingerprint density at radius 3 is 2.34 bits per heavy atom. The van der Waals surface area contributed by atoms with Crippen LogP contribution in [0, 0.1) is 0 Å². The van der Waals surface area contributed by atoms with Crippen LogP contribution in [-0.2, 0) is 0 Å². The van der Waals surface area contributed by atoms with E-state index in [-0.39, 0.29) is 5.91 Å². The van der Waals surface area contributed by atoms with Crippen LogP contribution in [0.2, 0.25) is 0 Å². The van der Waals surface area contributed by atoms with Crippen LogP contribution in [0.1, 0.15) is 10.4 Å². The van der Waals surface area contributed by atoms with E-state index < -0.39 is 0 Å². The molecular weight excluding hydrogens is 398 g/mol. The number of rotatable bonds is 6. The summed E-state index contributed by atoms with van der Waals surface area (Å²) in [6, 6.07) is 26.1. The van der Waals surface area contributed by atoms with Crippen LogP contribution in [0.4, 0.5) is 5.69 Å². The number of piperazine rings is 1. The second-order valence-corrected chi connectivity index (χ2v) is 8.10. The van der Waals surface area contributed by atoms with Crippen LogP contribution in [0.15, 0.2) is 78.9 Å². The molecule has 1 amide bonds. The largest absolute Gasteiger partial charge is 0.369 e. The average Bonchev–Trinajstić information content (AvgIpc) is 3.29. The predicted octanol–water partition coefficient (Wildman–Crippen LogP) is 3.78. The van der Waals surface area contributed by atoms with Crippen LogP contribution in [0.5, 0.6) is 0 Å². The van der Waals surface area contributed by atoms with E-state index in [4.69, 9.17) is 0 Å². The van der Waals surface area contributed by atoms with Crippen molar-refractivity contribution in [3.05, 3.63) is 84.4 Å². The lowest BCUT2D eigenvalue weighted by Crippen LogP contribution is -2.48. The van der Waals surface area contributed by atoms with Gasteiger partial charge in [0.25, 0.3) is 5.91 Å². The molecule has 1 aromatic heterocycles. The molecule has 1 saturated heterocycles. The highest BCUT2D eigenvalue weighted by Gasteiger charge is 2.17. The Kier molecular flexibility index (Phi) is 5.85. The highest BCUT2D eigenvalue weighted by Crippen LogP contribution is 2.21. The fourth-order valence-electron chi connectivity index (χ4n) is 4.17. The highest BCUT2D eigenvalue weighted by atomic mass is 16.1. The molecule has 6 nitrogen and oxygen atoms in total. The standard InChI is InChI=1S/C26H27N5O/c32-26(27-14-15-30-16-18-31(19-17-30)22-6-2-1-3-7-22)21-12-10-20(11-13-21)25-28-23-8-4-5-9-24(23)29-25/h1-13H,14-19H2,(H,27,32)(H,28,29). The quantitative estimate of drug-likeness (QED) is 0.494. The molecule has 0 unspecified atom stereocenters. The molecule has 1 fully saturated rings. The van der Waals surface area contributed by atoms with E-state index in [2.05, 4.69) is 55.4 Å². The smallest absolute Gasteiger partial charge is 0.251 e. The van der Waals surface area contributed by atoms with E-state index in [1.54, 1.807) is 0 Å². The van der Waals surface area contributed by atoms with E-state index in [9.17, 15) is 4.79 Å². The van der Waals surface area contributed by atoms with Gasteiger partial charge in [-0.05, 0) is 36.4 Å². The summed E-state index contributed by atoms with van der Waals surface area (Å²) in [5.41, 5.74) is 4.86. The number of nitrogens with one attached hydrogen (secondary N) is 2. The number of nitrogens with zero attached hydrogens (tertiary/aromatic N) is 3. The average molecular weight is 426 g/mol. The first-order chi connectivity index (χ1) is 15.8. The normalized spacial score (nSPS) is 14.6. The third kappa shape index (κ3) is 4.50. The van der Waals surface area contributed by atoms with Crippen molar-refractivity contribution in [3.8, 4) is 11.4 Å². The van der Waals surface area contributed by atoms with Gasteiger partial charge in [0.15, 0.2) is 0 Å². The van der Waals surface area contributed by atoms with E-state index in [1.165, 1.54) is 5.69 Å². The van der Waals surface area contributed by atoms with Gasteiger partial charge in [-0.15, -0.1) is 0 Å². The number of anilines is 1. The Bertz CT molecular complexity index is 1140. The third-order valence-electron chi connectivity index (χ3n) is 6.02. The summed E-state index contributed by atoms with van der Waals surface area (Å²) in [7, 11) is 0. The van der Waals surface area contributed by atoms with Gasteiger partial charge in [0, 0.05) is 56.1 Å². The number of H-pyrrole nitrogens is 1. The molecule has 3 aromatic carbocycles. The minimum Gasteiger partial charge on any atom is -0.369 e. The number of aromatic amines is 1. The van der Waals surface area contributed by atoms with Crippen molar-refractivity contribution in [3.63, 3.8) is 0 Å². The van der Waals surface area contributed by atoms with Crippen molar-refractivity contribution in [2.24, 2.45) is 0 Å². The topological polar surface area (TPSA) is 64.3 Å². The number of amides is 1. The number of aromatic nitrogens is 2. The fraction of sp³-hybridized carbons (Fsp3) is 0.231. The molecule has 2 N–H and O–H groups in total. The first-order valence-electron chi connectivity index (χ1n) is 11.1. The number of fused-ring (bicyclic) bond motifs is 1. The second kappa shape index (κ2) is 9.24. The summed E-state index contributed by atoms with van der Waals surface area (Å²) in [6.45, 7) is 5.57. The molecule has 0 saturated carbocycles. The summed E-state index contributed by atoms with van der Waals surface area (Å²) in [6.07, 6.45) is 0. The lowest BCUT2D eigenvalue weighted by atomic mass is 10.1. The highest BCUT2D eigenvalue weighted by molar-refractivity contribution is 5.94. The summed E-state index contributed by atoms with van der Waals surface area (Å²) in [4.78, 5) is 25.3. The van der Waals surface area contributed by atoms with Gasteiger partial charge in [-0.25, -0.2) is 4.98 Å². The number of carbonyl (C=O) groups is 1. The molecular formula is C26H27N5O. The molecule has 5 rings (SSSR count). The Hall–Kier alpha value is -3.64. The minimum atomic E-state index is -0.0379. The summed E-state index contributed by atoms with van der Waals surface area (Å²) >= 11 is 0. The maximum Gasteiger partial charge on any atom is 0.251 e. The molecule has 4 aromatic rings. The minimum absolute atomic E-state index is 0.0379. The third-order valence-corrected chi connectivity index (χ3v) is 6.02.